The molecule has 1 aromatic heterocycles. The van der Waals surface area contributed by atoms with Crippen LogP contribution in [0.4, 0.5) is 17.1 Å². The van der Waals surface area contributed by atoms with Gasteiger partial charge in [0.1, 0.15) is 0 Å². The van der Waals surface area contributed by atoms with E-state index in [1.54, 1.807) is 0 Å². The van der Waals surface area contributed by atoms with Gasteiger partial charge in [-0.05, 0) is 115 Å². The van der Waals surface area contributed by atoms with Crippen LogP contribution in [0.15, 0.2) is 218 Å². The lowest BCUT2D eigenvalue weighted by molar-refractivity contribution is 0.748. The van der Waals surface area contributed by atoms with Crippen molar-refractivity contribution in [3.8, 4) is 27.9 Å². The molecule has 11 aromatic rings. The number of aromatic nitrogens is 1. The second-order valence-corrected chi connectivity index (χ2v) is 16.0. The average molecular weight is 749 g/mol. The lowest BCUT2D eigenvalue weighted by Crippen LogP contribution is -2.33. The van der Waals surface area contributed by atoms with Gasteiger partial charge in [-0.1, -0.05) is 170 Å². The summed E-state index contributed by atoms with van der Waals surface area (Å²) in [4.78, 5) is 2.45. The summed E-state index contributed by atoms with van der Waals surface area (Å²) in [5, 5.41) is 7.57. The largest absolute Gasteiger partial charge is 0.310 e. The van der Waals surface area contributed by atoms with Gasteiger partial charge in [0.15, 0.2) is 0 Å². The summed E-state index contributed by atoms with van der Waals surface area (Å²) in [5.74, 6) is 0. The standard InChI is InChI=1S/C57H36N2/c1-2-14-37(15-3-1)40-17-12-18-41(34-40)58(42-31-30-39-29-28-38-16-4-5-19-44(38)48(39)35-42)43-32-33-51-49(36-43)45-20-6-8-23-50(45)57(51)52-24-9-11-27-55(52)59-54-26-10-7-21-46(54)47-22-13-25-53(57)56(47)59/h1-36H. The van der Waals surface area contributed by atoms with Gasteiger partial charge in [0.05, 0.1) is 22.1 Å². The van der Waals surface area contributed by atoms with Crippen molar-refractivity contribution in [2.24, 2.45) is 0 Å². The normalized spacial score (nSPS) is 14.8. The van der Waals surface area contributed by atoms with E-state index in [4.69, 9.17) is 0 Å². The maximum absolute atomic E-state index is 2.51. The topological polar surface area (TPSA) is 8.17 Å². The van der Waals surface area contributed by atoms with Crippen molar-refractivity contribution in [2.75, 3.05) is 4.90 Å². The summed E-state index contributed by atoms with van der Waals surface area (Å²) >= 11 is 0. The highest BCUT2D eigenvalue weighted by molar-refractivity contribution is 6.13. The van der Waals surface area contributed by atoms with E-state index in [9.17, 15) is 0 Å². The van der Waals surface area contributed by atoms with Gasteiger partial charge in [-0.15, -0.1) is 0 Å². The molecule has 1 aliphatic carbocycles. The first-order chi connectivity index (χ1) is 29.3. The second kappa shape index (κ2) is 12.2. The van der Waals surface area contributed by atoms with Gasteiger partial charge in [0, 0.05) is 27.8 Å². The molecule has 1 aliphatic heterocycles. The van der Waals surface area contributed by atoms with Crippen LogP contribution in [0.3, 0.4) is 0 Å². The van der Waals surface area contributed by atoms with Crippen molar-refractivity contribution >= 4 is 60.4 Å². The van der Waals surface area contributed by atoms with Crippen molar-refractivity contribution in [3.63, 3.8) is 0 Å². The van der Waals surface area contributed by atoms with E-state index < -0.39 is 5.41 Å². The van der Waals surface area contributed by atoms with E-state index in [-0.39, 0.29) is 0 Å². The molecule has 0 fully saturated rings. The Morgan fingerprint density at radius 1 is 0.339 bits per heavy atom. The fourth-order valence-corrected chi connectivity index (χ4v) is 10.7. The molecule has 0 N–H and O–H groups in total. The second-order valence-electron chi connectivity index (χ2n) is 16.0. The number of benzene rings is 10. The minimum Gasteiger partial charge on any atom is -0.310 e. The van der Waals surface area contributed by atoms with Crippen LogP contribution in [-0.2, 0) is 5.41 Å². The van der Waals surface area contributed by atoms with Gasteiger partial charge < -0.3 is 9.47 Å². The minimum absolute atomic E-state index is 0.495. The number of hydrogen-bond acceptors (Lipinski definition) is 1. The monoisotopic (exact) mass is 748 g/mol. The molecular weight excluding hydrogens is 713 g/mol. The predicted octanol–water partition coefficient (Wildman–Crippen LogP) is 14.9. The number of nitrogens with zero attached hydrogens (tertiary/aromatic N) is 2. The van der Waals surface area contributed by atoms with Gasteiger partial charge in [-0.25, -0.2) is 0 Å². The summed E-state index contributed by atoms with van der Waals surface area (Å²) in [6, 6.07) is 81.2. The van der Waals surface area contributed by atoms with Crippen molar-refractivity contribution in [3.05, 3.63) is 241 Å². The third-order valence-electron chi connectivity index (χ3n) is 13.1. The third-order valence-corrected chi connectivity index (χ3v) is 13.1. The summed E-state index contributed by atoms with van der Waals surface area (Å²) in [6.07, 6.45) is 0. The Kier molecular flexibility index (Phi) is 6.68. The van der Waals surface area contributed by atoms with E-state index in [1.165, 1.54) is 93.5 Å². The van der Waals surface area contributed by atoms with Crippen molar-refractivity contribution in [1.29, 1.82) is 0 Å². The minimum atomic E-state index is -0.495. The number of para-hydroxylation sites is 3. The van der Waals surface area contributed by atoms with Crippen molar-refractivity contribution < 1.29 is 0 Å². The Balaban J connectivity index is 1.09. The van der Waals surface area contributed by atoms with E-state index in [0.717, 1.165) is 17.1 Å². The van der Waals surface area contributed by atoms with Gasteiger partial charge in [0.25, 0.3) is 0 Å². The highest BCUT2D eigenvalue weighted by Gasteiger charge is 2.50. The SMILES string of the molecule is c1ccc(-c2cccc(N(c3ccc4c(c3)-c3ccccc3C43c4ccccc4-n4c5ccccc5c5cccc3c54)c3ccc4ccc5ccccc5c4c3)c2)cc1. The van der Waals surface area contributed by atoms with Crippen molar-refractivity contribution in [1.82, 2.24) is 4.57 Å². The van der Waals surface area contributed by atoms with E-state index >= 15 is 0 Å². The van der Waals surface area contributed by atoms with Crippen LogP contribution < -0.4 is 4.90 Å². The van der Waals surface area contributed by atoms with Crippen LogP contribution in [0.25, 0.3) is 71.3 Å². The zero-order valence-electron chi connectivity index (χ0n) is 32.2. The molecule has 13 rings (SSSR count). The molecule has 2 nitrogen and oxygen atoms in total. The first kappa shape index (κ1) is 32.4. The number of anilines is 3. The Morgan fingerprint density at radius 3 is 1.86 bits per heavy atom. The highest BCUT2D eigenvalue weighted by atomic mass is 15.1. The fourth-order valence-electron chi connectivity index (χ4n) is 10.7. The maximum Gasteiger partial charge on any atom is 0.0754 e. The quantitative estimate of drug-likeness (QED) is 0.163. The molecule has 0 bridgehead atoms. The lowest BCUT2D eigenvalue weighted by Gasteiger charge is -2.39. The molecule has 10 aromatic carbocycles. The van der Waals surface area contributed by atoms with Crippen LogP contribution in [0.1, 0.15) is 22.3 Å². The van der Waals surface area contributed by atoms with Crippen LogP contribution in [0.2, 0.25) is 0 Å². The Bertz CT molecular complexity index is 3520. The lowest BCUT2D eigenvalue weighted by atomic mass is 9.65. The summed E-state index contributed by atoms with van der Waals surface area (Å²) in [7, 11) is 0. The third kappa shape index (κ3) is 4.40. The van der Waals surface area contributed by atoms with Gasteiger partial charge in [-0.2, -0.15) is 0 Å². The molecule has 2 heterocycles. The Morgan fingerprint density at radius 2 is 0.949 bits per heavy atom. The van der Waals surface area contributed by atoms with Crippen LogP contribution in [0.5, 0.6) is 0 Å². The molecular formula is C57H36N2. The van der Waals surface area contributed by atoms with E-state index in [0.29, 0.717) is 0 Å². The molecule has 1 atom stereocenters. The van der Waals surface area contributed by atoms with Crippen LogP contribution in [0, 0.1) is 0 Å². The Hall–Kier alpha value is -7.68. The molecule has 0 radical (unpaired) electrons. The van der Waals surface area contributed by atoms with Gasteiger partial charge in [-0.3, -0.25) is 0 Å². The van der Waals surface area contributed by atoms with E-state index in [2.05, 4.69) is 228 Å². The maximum atomic E-state index is 2.51. The first-order valence-electron chi connectivity index (χ1n) is 20.5. The molecule has 0 amide bonds. The molecule has 0 saturated heterocycles. The number of hydrogen-bond donors (Lipinski definition) is 0. The summed E-state index contributed by atoms with van der Waals surface area (Å²) < 4.78 is 2.51. The molecule has 274 valence electrons. The molecule has 2 aliphatic rings. The van der Waals surface area contributed by atoms with E-state index in [1.807, 2.05) is 0 Å². The Labute approximate surface area is 342 Å². The highest BCUT2D eigenvalue weighted by Crippen LogP contribution is 2.61. The average Bonchev–Trinajstić information content (AvgIpc) is 3.80. The molecule has 2 heteroatoms. The van der Waals surface area contributed by atoms with Crippen LogP contribution in [-0.4, -0.2) is 4.57 Å². The first-order valence-corrected chi connectivity index (χ1v) is 20.5. The van der Waals surface area contributed by atoms with Gasteiger partial charge in [0.2, 0.25) is 0 Å². The fraction of sp³-hybridized carbons (Fsp3) is 0.0175. The smallest absolute Gasteiger partial charge is 0.0754 e. The van der Waals surface area contributed by atoms with Crippen molar-refractivity contribution in [2.45, 2.75) is 5.41 Å². The molecule has 0 saturated carbocycles. The predicted molar refractivity (Wildman–Crippen MR) is 247 cm³/mol. The molecule has 1 spiro atoms. The van der Waals surface area contributed by atoms with Gasteiger partial charge >= 0.3 is 0 Å². The number of fused-ring (bicyclic) bond motifs is 15. The summed E-state index contributed by atoms with van der Waals surface area (Å²) in [6.45, 7) is 0. The number of rotatable bonds is 4. The molecule has 1 unspecified atom stereocenters. The summed E-state index contributed by atoms with van der Waals surface area (Å²) in [5.41, 5.74) is 16.9. The van der Waals surface area contributed by atoms with Crippen LogP contribution >= 0.6 is 0 Å². The molecule has 59 heavy (non-hydrogen) atoms. The zero-order chi connectivity index (χ0) is 38.7. The zero-order valence-corrected chi connectivity index (χ0v) is 32.2.